The molecule has 82 valence electrons. The molecule has 0 saturated heterocycles. The Kier molecular flexibility index (Phi) is 2.52. The van der Waals surface area contributed by atoms with Gasteiger partial charge >= 0.3 is 5.97 Å². The summed E-state index contributed by atoms with van der Waals surface area (Å²) in [5.74, 6) is -1.98. The SMILES string of the molecule is CC(=O)Oc1ccnc2c(F)ccc(F)c12. The first-order valence-electron chi connectivity index (χ1n) is 4.50. The van der Waals surface area contributed by atoms with E-state index in [9.17, 15) is 13.6 Å². The second-order valence-corrected chi connectivity index (χ2v) is 3.16. The maximum Gasteiger partial charge on any atom is 0.308 e. The van der Waals surface area contributed by atoms with Crippen LogP contribution in [0.1, 0.15) is 6.92 Å². The van der Waals surface area contributed by atoms with Gasteiger partial charge in [0.1, 0.15) is 22.9 Å². The van der Waals surface area contributed by atoms with Gasteiger partial charge in [-0.05, 0) is 12.1 Å². The van der Waals surface area contributed by atoms with Gasteiger partial charge in [-0.15, -0.1) is 0 Å². The fourth-order valence-electron chi connectivity index (χ4n) is 1.40. The summed E-state index contributed by atoms with van der Waals surface area (Å²) in [7, 11) is 0. The van der Waals surface area contributed by atoms with E-state index >= 15 is 0 Å². The third kappa shape index (κ3) is 1.71. The van der Waals surface area contributed by atoms with Gasteiger partial charge in [0, 0.05) is 19.2 Å². The number of esters is 1. The normalized spacial score (nSPS) is 10.4. The predicted octanol–water partition coefficient (Wildman–Crippen LogP) is 2.44. The van der Waals surface area contributed by atoms with Crippen LogP contribution in [-0.4, -0.2) is 11.0 Å². The van der Waals surface area contributed by atoms with E-state index in [1.807, 2.05) is 0 Å². The average Bonchev–Trinajstić information content (AvgIpc) is 2.23. The standard InChI is InChI=1S/C11H7F2NO2/c1-6(15)16-9-4-5-14-11-8(13)3-2-7(12)10(9)11/h2-5H,1H3. The first-order chi connectivity index (χ1) is 7.59. The lowest BCUT2D eigenvalue weighted by Crippen LogP contribution is -2.03. The minimum atomic E-state index is -0.680. The van der Waals surface area contributed by atoms with Crippen molar-refractivity contribution in [3.05, 3.63) is 36.0 Å². The molecular formula is C11H7F2NO2. The van der Waals surface area contributed by atoms with E-state index in [1.54, 1.807) is 0 Å². The van der Waals surface area contributed by atoms with Crippen molar-refractivity contribution >= 4 is 16.9 Å². The van der Waals surface area contributed by atoms with Crippen molar-refractivity contribution in [1.82, 2.24) is 4.98 Å². The molecule has 0 spiro atoms. The Hall–Kier alpha value is -2.04. The van der Waals surface area contributed by atoms with Crippen LogP contribution in [0.4, 0.5) is 8.78 Å². The van der Waals surface area contributed by atoms with E-state index in [4.69, 9.17) is 4.74 Å². The molecule has 0 fully saturated rings. The van der Waals surface area contributed by atoms with Crippen molar-refractivity contribution in [3.63, 3.8) is 0 Å². The molecule has 0 unspecified atom stereocenters. The number of aromatic nitrogens is 1. The number of fused-ring (bicyclic) bond motifs is 1. The van der Waals surface area contributed by atoms with E-state index in [0.29, 0.717) is 0 Å². The first-order valence-corrected chi connectivity index (χ1v) is 4.50. The van der Waals surface area contributed by atoms with Crippen molar-refractivity contribution in [2.45, 2.75) is 6.92 Å². The highest BCUT2D eigenvalue weighted by Gasteiger charge is 2.13. The Bertz CT molecular complexity index is 569. The van der Waals surface area contributed by atoms with Gasteiger partial charge in [-0.1, -0.05) is 0 Å². The van der Waals surface area contributed by atoms with Crippen molar-refractivity contribution in [2.24, 2.45) is 0 Å². The number of rotatable bonds is 1. The number of ether oxygens (including phenoxy) is 1. The highest BCUT2D eigenvalue weighted by atomic mass is 19.1. The Labute approximate surface area is 89.7 Å². The van der Waals surface area contributed by atoms with Gasteiger partial charge in [0.25, 0.3) is 0 Å². The maximum absolute atomic E-state index is 13.5. The van der Waals surface area contributed by atoms with Crippen LogP contribution in [-0.2, 0) is 4.79 Å². The van der Waals surface area contributed by atoms with Crippen LogP contribution in [0.2, 0.25) is 0 Å². The van der Waals surface area contributed by atoms with Gasteiger partial charge in [-0.25, -0.2) is 8.78 Å². The predicted molar refractivity (Wildman–Crippen MR) is 53.0 cm³/mol. The molecule has 2 rings (SSSR count). The number of benzene rings is 1. The molecule has 0 amide bonds. The summed E-state index contributed by atoms with van der Waals surface area (Å²) in [5.41, 5.74) is -0.154. The summed E-state index contributed by atoms with van der Waals surface area (Å²) < 4.78 is 31.6. The van der Waals surface area contributed by atoms with Crippen LogP contribution >= 0.6 is 0 Å². The summed E-state index contributed by atoms with van der Waals surface area (Å²) in [6, 6.07) is 3.25. The first kappa shape index (κ1) is 10.5. The fourth-order valence-corrected chi connectivity index (χ4v) is 1.40. The summed E-state index contributed by atoms with van der Waals surface area (Å²) in [6.45, 7) is 1.18. The van der Waals surface area contributed by atoms with E-state index in [0.717, 1.165) is 12.1 Å². The number of halogens is 2. The van der Waals surface area contributed by atoms with E-state index in [1.165, 1.54) is 19.2 Å². The molecule has 1 aromatic carbocycles. The molecule has 16 heavy (non-hydrogen) atoms. The monoisotopic (exact) mass is 223 g/mol. The third-order valence-corrected chi connectivity index (χ3v) is 2.01. The van der Waals surface area contributed by atoms with Crippen molar-refractivity contribution in [1.29, 1.82) is 0 Å². The topological polar surface area (TPSA) is 39.2 Å². The molecule has 1 aromatic heterocycles. The molecule has 0 aliphatic heterocycles. The lowest BCUT2D eigenvalue weighted by atomic mass is 10.2. The lowest BCUT2D eigenvalue weighted by Gasteiger charge is -2.06. The third-order valence-electron chi connectivity index (χ3n) is 2.01. The molecule has 0 N–H and O–H groups in total. The summed E-state index contributed by atoms with van der Waals surface area (Å²) in [6.07, 6.45) is 1.25. The van der Waals surface area contributed by atoms with Crippen LogP contribution in [0.15, 0.2) is 24.4 Å². The molecule has 0 aliphatic rings. The van der Waals surface area contributed by atoms with Crippen LogP contribution in [0, 0.1) is 11.6 Å². The number of pyridine rings is 1. The molecule has 0 bridgehead atoms. The number of carbonyl (C=O) groups excluding carboxylic acids is 1. The van der Waals surface area contributed by atoms with E-state index in [2.05, 4.69) is 4.98 Å². The molecular weight excluding hydrogens is 216 g/mol. The highest BCUT2D eigenvalue weighted by molar-refractivity contribution is 5.88. The van der Waals surface area contributed by atoms with Gasteiger partial charge in [-0.2, -0.15) is 0 Å². The zero-order valence-corrected chi connectivity index (χ0v) is 8.33. The molecule has 3 nitrogen and oxygen atoms in total. The summed E-state index contributed by atoms with van der Waals surface area (Å²) in [4.78, 5) is 14.5. The molecule has 0 saturated carbocycles. The zero-order valence-electron chi connectivity index (χ0n) is 8.33. The molecule has 0 radical (unpaired) electrons. The Morgan fingerprint density at radius 3 is 2.62 bits per heavy atom. The van der Waals surface area contributed by atoms with Gasteiger partial charge < -0.3 is 4.74 Å². The average molecular weight is 223 g/mol. The summed E-state index contributed by atoms with van der Waals surface area (Å²) >= 11 is 0. The zero-order chi connectivity index (χ0) is 11.7. The number of hydrogen-bond donors (Lipinski definition) is 0. The quantitative estimate of drug-likeness (QED) is 0.697. The van der Waals surface area contributed by atoms with Crippen LogP contribution in [0.3, 0.4) is 0 Å². The largest absolute Gasteiger partial charge is 0.426 e. The van der Waals surface area contributed by atoms with E-state index in [-0.39, 0.29) is 16.7 Å². The lowest BCUT2D eigenvalue weighted by molar-refractivity contribution is -0.131. The van der Waals surface area contributed by atoms with Gasteiger partial charge in [0.05, 0.1) is 5.39 Å². The molecule has 1 heterocycles. The highest BCUT2D eigenvalue weighted by Crippen LogP contribution is 2.28. The maximum atomic E-state index is 13.5. The van der Waals surface area contributed by atoms with Gasteiger partial charge in [0.2, 0.25) is 0 Å². The van der Waals surface area contributed by atoms with Crippen molar-refractivity contribution < 1.29 is 18.3 Å². The molecule has 2 aromatic rings. The Morgan fingerprint density at radius 1 is 1.25 bits per heavy atom. The van der Waals surface area contributed by atoms with Crippen LogP contribution in [0.25, 0.3) is 10.9 Å². The second kappa shape index (κ2) is 3.84. The van der Waals surface area contributed by atoms with Crippen LogP contribution in [0.5, 0.6) is 5.75 Å². The fraction of sp³-hybridized carbons (Fsp3) is 0.0909. The molecule has 0 aliphatic carbocycles. The Balaban J connectivity index is 2.75. The summed E-state index contributed by atoms with van der Waals surface area (Å²) in [5, 5.41) is -0.127. The van der Waals surface area contributed by atoms with Gasteiger partial charge in [-0.3, -0.25) is 9.78 Å². The van der Waals surface area contributed by atoms with Gasteiger partial charge in [0.15, 0.2) is 0 Å². The Morgan fingerprint density at radius 2 is 1.94 bits per heavy atom. The number of hydrogen-bond acceptors (Lipinski definition) is 3. The molecule has 0 atom stereocenters. The minimum absolute atomic E-state index is 0.0329. The minimum Gasteiger partial charge on any atom is -0.426 e. The van der Waals surface area contributed by atoms with E-state index < -0.39 is 17.6 Å². The smallest absolute Gasteiger partial charge is 0.308 e. The van der Waals surface area contributed by atoms with Crippen molar-refractivity contribution in [2.75, 3.05) is 0 Å². The number of carbonyl (C=O) groups is 1. The van der Waals surface area contributed by atoms with Crippen LogP contribution < -0.4 is 4.74 Å². The molecule has 5 heteroatoms. The second-order valence-electron chi connectivity index (χ2n) is 3.16. The number of nitrogens with zero attached hydrogens (tertiary/aromatic N) is 1. The van der Waals surface area contributed by atoms with Crippen molar-refractivity contribution in [3.8, 4) is 5.75 Å².